The van der Waals surface area contributed by atoms with Crippen molar-refractivity contribution in [2.45, 2.75) is 75.0 Å². The Morgan fingerprint density at radius 3 is 2.64 bits per heavy atom. The molecule has 0 heterocycles. The van der Waals surface area contributed by atoms with Crippen molar-refractivity contribution in [2.75, 3.05) is 13.6 Å². The minimum absolute atomic E-state index is 0.0728. The molecule has 6 nitrogen and oxygen atoms in total. The van der Waals surface area contributed by atoms with Gasteiger partial charge < -0.3 is 21.1 Å². The van der Waals surface area contributed by atoms with E-state index in [1.54, 1.807) is 6.07 Å². The fraction of sp³-hybridized carbons (Fsp3) is 0.682. The first kappa shape index (κ1) is 19.7. The number of nitrogens with zero attached hydrogens (tertiary/aromatic N) is 1. The molecule has 0 aliphatic heterocycles. The van der Waals surface area contributed by atoms with Crippen molar-refractivity contribution < 1.29 is 20.1 Å². The van der Waals surface area contributed by atoms with E-state index in [0.717, 1.165) is 12.1 Å². The van der Waals surface area contributed by atoms with E-state index in [4.69, 9.17) is 5.73 Å². The third-order valence-corrected chi connectivity index (χ3v) is 7.81. The lowest BCUT2D eigenvalue weighted by atomic mass is 9.52. The van der Waals surface area contributed by atoms with Crippen LogP contribution in [-0.2, 0) is 11.8 Å². The molecule has 1 amide bonds. The van der Waals surface area contributed by atoms with Gasteiger partial charge in [0, 0.05) is 23.6 Å². The zero-order valence-electron chi connectivity index (χ0n) is 16.8. The summed E-state index contributed by atoms with van der Waals surface area (Å²) in [6.45, 7) is 2.87. The van der Waals surface area contributed by atoms with Gasteiger partial charge in [-0.05, 0) is 63.1 Å². The molecule has 4 rings (SSSR count). The number of carbonyl (C=O) groups excluding carboxylic acids is 1. The number of benzene rings is 1. The zero-order valence-corrected chi connectivity index (χ0v) is 16.8. The normalized spacial score (nSPS) is 35.2. The van der Waals surface area contributed by atoms with Crippen molar-refractivity contribution in [3.63, 3.8) is 0 Å². The Kier molecular flexibility index (Phi) is 4.72. The van der Waals surface area contributed by atoms with Gasteiger partial charge in [-0.2, -0.15) is 0 Å². The second kappa shape index (κ2) is 6.71. The number of fused-ring (bicyclic) bond motifs is 3. The molecule has 2 saturated carbocycles. The molecule has 2 fully saturated rings. The van der Waals surface area contributed by atoms with Crippen LogP contribution in [0.25, 0.3) is 0 Å². The topological polar surface area (TPSA) is 107 Å². The van der Waals surface area contributed by atoms with Crippen molar-refractivity contribution in [3.8, 4) is 5.75 Å². The maximum Gasteiger partial charge on any atom is 0.252 e. The summed E-state index contributed by atoms with van der Waals surface area (Å²) in [5, 5.41) is 33.4. The van der Waals surface area contributed by atoms with E-state index in [0.29, 0.717) is 37.2 Å². The highest BCUT2D eigenvalue weighted by atomic mass is 16.3. The smallest absolute Gasteiger partial charge is 0.252 e. The Morgan fingerprint density at radius 2 is 2.04 bits per heavy atom. The van der Waals surface area contributed by atoms with Crippen LogP contribution in [0.4, 0.5) is 0 Å². The van der Waals surface area contributed by atoms with E-state index in [1.165, 1.54) is 19.3 Å². The molecule has 154 valence electrons. The molecule has 1 aromatic carbocycles. The van der Waals surface area contributed by atoms with Crippen molar-refractivity contribution in [1.29, 1.82) is 0 Å². The van der Waals surface area contributed by atoms with E-state index < -0.39 is 23.0 Å². The quantitative estimate of drug-likeness (QED) is 0.628. The summed E-state index contributed by atoms with van der Waals surface area (Å²) < 4.78 is 0. The Balaban J connectivity index is 1.82. The van der Waals surface area contributed by atoms with E-state index in [-0.39, 0.29) is 17.4 Å². The Hall–Kier alpha value is -1.63. The molecule has 1 aromatic rings. The molecule has 3 aliphatic carbocycles. The van der Waals surface area contributed by atoms with Gasteiger partial charge >= 0.3 is 0 Å². The number of nitrogens with two attached hydrogens (primary N) is 1. The molecule has 0 spiro atoms. The lowest BCUT2D eigenvalue weighted by Crippen LogP contribution is -2.68. The van der Waals surface area contributed by atoms with Gasteiger partial charge in [-0.15, -0.1) is 0 Å². The van der Waals surface area contributed by atoms with Gasteiger partial charge in [-0.1, -0.05) is 19.4 Å². The first-order valence-corrected chi connectivity index (χ1v) is 10.4. The highest BCUT2D eigenvalue weighted by Gasteiger charge is 2.61. The van der Waals surface area contributed by atoms with Crippen LogP contribution < -0.4 is 5.73 Å². The number of rotatable bonds is 4. The summed E-state index contributed by atoms with van der Waals surface area (Å²) in [5.41, 5.74) is 5.09. The van der Waals surface area contributed by atoms with E-state index in [9.17, 15) is 20.1 Å². The summed E-state index contributed by atoms with van der Waals surface area (Å²) in [6, 6.07) is 3.33. The predicted molar refractivity (Wildman–Crippen MR) is 106 cm³/mol. The molecule has 2 unspecified atom stereocenters. The maximum atomic E-state index is 12.0. The lowest BCUT2D eigenvalue weighted by molar-refractivity contribution is -0.148. The molecule has 0 saturated heterocycles. The van der Waals surface area contributed by atoms with Crippen LogP contribution in [0.2, 0.25) is 0 Å². The molecular weight excluding hydrogens is 356 g/mol. The average molecular weight is 389 g/mol. The van der Waals surface area contributed by atoms with Crippen LogP contribution in [0.15, 0.2) is 12.1 Å². The summed E-state index contributed by atoms with van der Waals surface area (Å²) in [5.74, 6) is -0.144. The Morgan fingerprint density at radius 1 is 1.32 bits per heavy atom. The SMILES string of the molecule is CN(CC1CCC1)[C@@H]1Cc2ccc(C(N)=O)c(O)c2C2(C)CC(O)CC[C@@]12O. The van der Waals surface area contributed by atoms with Gasteiger partial charge in [-0.25, -0.2) is 0 Å². The first-order valence-electron chi connectivity index (χ1n) is 10.4. The molecular formula is C22H32N2O4. The highest BCUT2D eigenvalue weighted by Crippen LogP contribution is 2.56. The van der Waals surface area contributed by atoms with E-state index in [2.05, 4.69) is 11.9 Å². The van der Waals surface area contributed by atoms with Gasteiger partial charge in [-0.3, -0.25) is 9.69 Å². The number of phenols is 1. The van der Waals surface area contributed by atoms with Gasteiger partial charge in [0.2, 0.25) is 0 Å². The fourth-order valence-corrected chi connectivity index (χ4v) is 5.99. The summed E-state index contributed by atoms with van der Waals surface area (Å²) in [4.78, 5) is 14.1. The van der Waals surface area contributed by atoms with Crippen LogP contribution >= 0.6 is 0 Å². The number of aliphatic hydroxyl groups is 2. The van der Waals surface area contributed by atoms with Gasteiger partial charge in [0.25, 0.3) is 5.91 Å². The van der Waals surface area contributed by atoms with Crippen molar-refractivity contribution >= 4 is 5.91 Å². The van der Waals surface area contributed by atoms with Crippen molar-refractivity contribution in [3.05, 3.63) is 28.8 Å². The first-order chi connectivity index (χ1) is 13.2. The third kappa shape index (κ3) is 2.77. The van der Waals surface area contributed by atoms with Gasteiger partial charge in [0.15, 0.2) is 0 Å². The number of aromatic hydroxyl groups is 1. The predicted octanol–water partition coefficient (Wildman–Crippen LogP) is 1.68. The minimum atomic E-state index is -1.09. The van der Waals surface area contributed by atoms with Crippen LogP contribution in [0, 0.1) is 5.92 Å². The molecule has 5 N–H and O–H groups in total. The van der Waals surface area contributed by atoms with Crippen LogP contribution in [0.1, 0.15) is 66.9 Å². The lowest BCUT2D eigenvalue weighted by Gasteiger charge is -2.59. The second-order valence-corrected chi connectivity index (χ2v) is 9.47. The molecule has 3 aliphatic rings. The van der Waals surface area contributed by atoms with Crippen molar-refractivity contribution in [1.82, 2.24) is 4.90 Å². The number of hydrogen-bond acceptors (Lipinski definition) is 5. The van der Waals surface area contributed by atoms with Gasteiger partial charge in [0.1, 0.15) is 5.75 Å². The molecule has 4 atom stereocenters. The largest absolute Gasteiger partial charge is 0.507 e. The zero-order chi connectivity index (χ0) is 20.3. The molecule has 28 heavy (non-hydrogen) atoms. The van der Waals surface area contributed by atoms with Crippen LogP contribution in [0.3, 0.4) is 0 Å². The number of likely N-dealkylation sites (N-methyl/N-ethyl adjacent to an activating group) is 1. The fourth-order valence-electron chi connectivity index (χ4n) is 5.99. The molecule has 6 heteroatoms. The monoisotopic (exact) mass is 388 g/mol. The summed E-state index contributed by atoms with van der Waals surface area (Å²) in [7, 11) is 2.08. The number of aliphatic hydroxyl groups excluding tert-OH is 1. The Labute approximate surface area is 166 Å². The number of carbonyl (C=O) groups is 1. The van der Waals surface area contributed by atoms with Crippen LogP contribution in [0.5, 0.6) is 5.75 Å². The van der Waals surface area contributed by atoms with E-state index >= 15 is 0 Å². The standard InChI is InChI=1S/C22H32N2O4/c1-21-11-15(25)8-9-22(21,28)17(24(2)12-13-4-3-5-13)10-14-6-7-16(20(23)27)19(26)18(14)21/h6-7,13,15,17,25-26,28H,3-5,8-12H2,1-2H3,(H2,23,27)/t15?,17-,21?,22-/m1/s1. The number of amides is 1. The number of hydrogen-bond donors (Lipinski definition) is 4. The van der Waals surface area contributed by atoms with Crippen molar-refractivity contribution in [2.24, 2.45) is 11.7 Å². The average Bonchev–Trinajstić information content (AvgIpc) is 2.58. The molecule has 0 bridgehead atoms. The number of primary amides is 1. The Bertz CT molecular complexity index is 793. The van der Waals surface area contributed by atoms with E-state index in [1.807, 2.05) is 13.0 Å². The third-order valence-electron chi connectivity index (χ3n) is 7.81. The summed E-state index contributed by atoms with van der Waals surface area (Å²) in [6.07, 6.45) is 5.16. The molecule has 0 radical (unpaired) electrons. The van der Waals surface area contributed by atoms with Crippen LogP contribution in [-0.4, -0.2) is 57.5 Å². The molecule has 0 aromatic heterocycles. The maximum absolute atomic E-state index is 12.0. The summed E-state index contributed by atoms with van der Waals surface area (Å²) >= 11 is 0. The van der Waals surface area contributed by atoms with Gasteiger partial charge in [0.05, 0.1) is 17.3 Å². The minimum Gasteiger partial charge on any atom is -0.507 e. The second-order valence-electron chi connectivity index (χ2n) is 9.47. The highest BCUT2D eigenvalue weighted by molar-refractivity contribution is 5.96.